The molecule has 0 aromatic heterocycles. The van der Waals surface area contributed by atoms with Crippen molar-refractivity contribution in [1.29, 1.82) is 0 Å². The highest BCUT2D eigenvalue weighted by atomic mass is 16.3. The molecule has 12 nitrogen and oxygen atoms in total. The molecule has 0 aliphatic heterocycles. The molecule has 4 rings (SSSR count). The van der Waals surface area contributed by atoms with E-state index in [1.54, 1.807) is 14.1 Å². The van der Waals surface area contributed by atoms with Crippen LogP contribution < -0.4 is 21.3 Å². The third-order valence-electron chi connectivity index (χ3n) is 8.47. The van der Waals surface area contributed by atoms with Gasteiger partial charge in [-0.1, -0.05) is 20.8 Å². The van der Waals surface area contributed by atoms with Crippen LogP contribution >= 0.6 is 0 Å². The second-order valence-electron chi connectivity index (χ2n) is 13.1. The predicted molar refractivity (Wildman–Crippen MR) is 158 cm³/mol. The number of rotatable bonds is 7. The zero-order valence-corrected chi connectivity index (χ0v) is 25.3. The molecule has 1 aromatic carbocycles. The molecule has 8 N–H and O–H groups in total. The molecular weight excluding hydrogens is 542 g/mol. The first kappa shape index (κ1) is 31.5. The van der Waals surface area contributed by atoms with E-state index in [1.165, 1.54) is 4.90 Å². The molecule has 0 unspecified atom stereocenters. The molecule has 0 heterocycles. The third-order valence-corrected chi connectivity index (χ3v) is 8.47. The van der Waals surface area contributed by atoms with Gasteiger partial charge in [-0.05, 0) is 49.9 Å². The van der Waals surface area contributed by atoms with Gasteiger partial charge in [0.25, 0.3) is 5.91 Å². The summed E-state index contributed by atoms with van der Waals surface area (Å²) in [5.41, 5.74) is 3.85. The molecule has 12 heteroatoms. The number of aliphatic hydroxyl groups excluding tert-OH is 2. The van der Waals surface area contributed by atoms with Crippen LogP contribution in [0.1, 0.15) is 43.9 Å². The van der Waals surface area contributed by atoms with Crippen molar-refractivity contribution in [2.45, 2.75) is 51.8 Å². The van der Waals surface area contributed by atoms with Crippen LogP contribution in [0.2, 0.25) is 0 Å². The minimum Gasteiger partial charge on any atom is -0.508 e. The maximum absolute atomic E-state index is 14.2. The summed E-state index contributed by atoms with van der Waals surface area (Å²) >= 11 is 0. The van der Waals surface area contributed by atoms with E-state index >= 15 is 0 Å². The Balaban J connectivity index is 1.91. The number of carbonyl (C=O) groups is 3. The Hall–Kier alpha value is -3.45. The van der Waals surface area contributed by atoms with Gasteiger partial charge in [0.1, 0.15) is 22.8 Å². The number of likely N-dealkylation sites (N-methyl/N-ethyl adjacent to an activating group) is 1. The van der Waals surface area contributed by atoms with Gasteiger partial charge in [0.05, 0.1) is 18.3 Å². The average Bonchev–Trinajstić information content (AvgIpc) is 2.86. The lowest BCUT2D eigenvalue weighted by molar-refractivity contribution is -0.153. The number of nitrogens with zero attached hydrogens (tertiary/aromatic N) is 2. The molecular formula is C30H43N5O7. The molecule has 0 saturated heterocycles. The number of hydrogen-bond donors (Lipinski definition) is 7. The molecule has 4 atom stereocenters. The number of amides is 1. The van der Waals surface area contributed by atoms with Crippen molar-refractivity contribution in [3.8, 4) is 5.75 Å². The number of ketones is 2. The Labute approximate surface area is 245 Å². The predicted octanol–water partition coefficient (Wildman–Crippen LogP) is 0.713. The van der Waals surface area contributed by atoms with Crippen molar-refractivity contribution in [1.82, 2.24) is 15.5 Å². The zero-order valence-electron chi connectivity index (χ0n) is 25.3. The minimum atomic E-state index is -2.66. The van der Waals surface area contributed by atoms with E-state index < -0.39 is 58.0 Å². The summed E-state index contributed by atoms with van der Waals surface area (Å²) in [6.45, 7) is 6.87. The summed E-state index contributed by atoms with van der Waals surface area (Å²) < 4.78 is 0. The van der Waals surface area contributed by atoms with Crippen molar-refractivity contribution in [3.05, 3.63) is 39.7 Å². The van der Waals surface area contributed by atoms with Crippen molar-refractivity contribution >= 4 is 28.9 Å². The molecule has 1 saturated carbocycles. The number of anilines is 1. The van der Waals surface area contributed by atoms with Crippen LogP contribution in [-0.4, -0.2) is 95.8 Å². The van der Waals surface area contributed by atoms with Crippen LogP contribution in [-0.2, 0) is 27.3 Å². The van der Waals surface area contributed by atoms with Gasteiger partial charge in [0, 0.05) is 49.9 Å². The van der Waals surface area contributed by atoms with Crippen LogP contribution in [0.15, 0.2) is 23.0 Å². The van der Waals surface area contributed by atoms with Crippen LogP contribution in [0.25, 0.3) is 5.76 Å². The second kappa shape index (κ2) is 11.0. The maximum atomic E-state index is 14.2. The summed E-state index contributed by atoms with van der Waals surface area (Å²) in [5, 5.41) is 51.8. The number of nitrogens with two attached hydrogens (primary N) is 1. The summed E-state index contributed by atoms with van der Waals surface area (Å²) in [7, 11) is 6.87. The van der Waals surface area contributed by atoms with Gasteiger partial charge in [-0.25, -0.2) is 0 Å². The normalized spacial score (nSPS) is 25.8. The number of phenolic OH excluding ortho intramolecular Hbond substituents is 1. The summed E-state index contributed by atoms with van der Waals surface area (Å²) in [4.78, 5) is 43.8. The van der Waals surface area contributed by atoms with Crippen LogP contribution in [0.4, 0.5) is 5.69 Å². The molecule has 0 radical (unpaired) electrons. The number of nitrogens with one attached hydrogen (secondary N) is 2. The Morgan fingerprint density at radius 3 is 2.33 bits per heavy atom. The van der Waals surface area contributed by atoms with Gasteiger partial charge in [-0.15, -0.1) is 0 Å². The number of aromatic hydroxyl groups is 1. The van der Waals surface area contributed by atoms with Crippen molar-refractivity contribution < 1.29 is 34.8 Å². The zero-order chi connectivity index (χ0) is 31.5. The Bertz CT molecular complexity index is 1390. The fourth-order valence-corrected chi connectivity index (χ4v) is 6.61. The largest absolute Gasteiger partial charge is 0.508 e. The number of phenols is 1. The minimum absolute atomic E-state index is 0.00668. The molecule has 1 aromatic rings. The highest BCUT2D eigenvalue weighted by molar-refractivity contribution is 6.25. The SMILES string of the molecule is CN(C)c1cc(CNCC(C)(C)C)c(O)c2c1C[C@H]1C[C@H]3[C@@H](N(C)C)C(=O)C(C(=O)NCN)=C(O)[C@@]3(O)C(=O)C1=C2O. The van der Waals surface area contributed by atoms with Crippen molar-refractivity contribution in [2.75, 3.05) is 46.3 Å². The fraction of sp³-hybridized carbons (Fsp3) is 0.567. The van der Waals surface area contributed by atoms with Gasteiger partial charge in [-0.3, -0.25) is 19.3 Å². The Morgan fingerprint density at radius 1 is 1.14 bits per heavy atom. The summed E-state index contributed by atoms with van der Waals surface area (Å²) in [6.07, 6.45) is 0.289. The molecule has 1 fully saturated rings. The van der Waals surface area contributed by atoms with Crippen molar-refractivity contribution in [2.24, 2.45) is 23.0 Å². The number of benzene rings is 1. The molecule has 1 amide bonds. The van der Waals surface area contributed by atoms with Crippen molar-refractivity contribution in [3.63, 3.8) is 0 Å². The van der Waals surface area contributed by atoms with Crippen LogP contribution in [0.3, 0.4) is 0 Å². The molecule has 0 spiro atoms. The molecule has 3 aliphatic carbocycles. The number of hydrogen-bond acceptors (Lipinski definition) is 11. The van der Waals surface area contributed by atoms with E-state index in [0.29, 0.717) is 24.2 Å². The van der Waals surface area contributed by atoms with Gasteiger partial charge >= 0.3 is 0 Å². The van der Waals surface area contributed by atoms with Crippen LogP contribution in [0.5, 0.6) is 5.75 Å². The van der Waals surface area contributed by atoms with Gasteiger partial charge in [-0.2, -0.15) is 0 Å². The first-order chi connectivity index (χ1) is 19.5. The molecule has 230 valence electrons. The van der Waals surface area contributed by atoms with Gasteiger partial charge in [0.15, 0.2) is 11.4 Å². The maximum Gasteiger partial charge on any atom is 0.259 e. The lowest BCUT2D eigenvalue weighted by Crippen LogP contribution is -2.66. The topological polar surface area (TPSA) is 189 Å². The molecule has 0 bridgehead atoms. The standard InChI is InChI=1S/C30H43N5O7/c1-29(2,3)12-32-11-15-10-18(34(4)5)16-8-14-9-17-22(35(6)7)25(38)21(28(41)33-13-31)27(40)30(17,42)26(39)19(14)24(37)20(16)23(15)36/h10,14,17,22,32,36-37,40,42H,8-9,11-13,31H2,1-7H3,(H,33,41)/t14-,17-,22+,30-/m0/s1. The monoisotopic (exact) mass is 585 g/mol. The number of carbonyl (C=O) groups excluding carboxylic acids is 3. The third kappa shape index (κ3) is 4.96. The Morgan fingerprint density at radius 2 is 1.79 bits per heavy atom. The van der Waals surface area contributed by atoms with E-state index in [9.17, 15) is 34.8 Å². The summed E-state index contributed by atoms with van der Waals surface area (Å²) in [6, 6.07) is 0.740. The number of fused-ring (bicyclic) bond motifs is 3. The van der Waals surface area contributed by atoms with E-state index in [-0.39, 0.29) is 41.8 Å². The van der Waals surface area contributed by atoms with E-state index in [0.717, 1.165) is 5.69 Å². The van der Waals surface area contributed by atoms with Gasteiger partial charge < -0.3 is 41.7 Å². The molecule has 3 aliphatic rings. The smallest absolute Gasteiger partial charge is 0.259 e. The van der Waals surface area contributed by atoms with Gasteiger partial charge in [0.2, 0.25) is 5.78 Å². The van der Waals surface area contributed by atoms with Crippen LogP contribution in [0, 0.1) is 17.3 Å². The molecule has 42 heavy (non-hydrogen) atoms. The number of Topliss-reactive ketones (excluding diaryl/α,β-unsaturated/α-hetero) is 2. The lowest BCUT2D eigenvalue weighted by Gasteiger charge is -2.50. The lowest BCUT2D eigenvalue weighted by atomic mass is 9.57. The fourth-order valence-electron chi connectivity index (χ4n) is 6.61. The highest BCUT2D eigenvalue weighted by Gasteiger charge is 2.64. The first-order valence-electron chi connectivity index (χ1n) is 14.1. The quantitative estimate of drug-likeness (QED) is 0.176. The summed E-state index contributed by atoms with van der Waals surface area (Å²) in [5.74, 6) is -6.23. The van der Waals surface area contributed by atoms with E-state index in [4.69, 9.17) is 5.73 Å². The van der Waals surface area contributed by atoms with E-state index in [2.05, 4.69) is 31.4 Å². The number of aliphatic hydroxyl groups is 3. The second-order valence-corrected chi connectivity index (χ2v) is 13.1. The Kier molecular flexibility index (Phi) is 8.24. The average molecular weight is 586 g/mol. The first-order valence-corrected chi connectivity index (χ1v) is 14.1. The van der Waals surface area contributed by atoms with E-state index in [1.807, 2.05) is 25.1 Å². The highest BCUT2D eigenvalue weighted by Crippen LogP contribution is 2.54.